The largest absolute Gasteiger partial charge is 0.490 e. The molecule has 0 aliphatic carbocycles. The number of carbonyl (C=O) groups is 1. The van der Waals surface area contributed by atoms with Crippen LogP contribution in [0.4, 0.5) is 10.5 Å². The van der Waals surface area contributed by atoms with E-state index in [1.54, 1.807) is 29.3 Å². The van der Waals surface area contributed by atoms with E-state index in [1.165, 1.54) is 0 Å². The maximum atomic E-state index is 12.6. The molecule has 1 N–H and O–H groups in total. The number of hydrogen-bond donors (Lipinski definition) is 1. The number of amides is 2. The van der Waals surface area contributed by atoms with Crippen LogP contribution in [0.5, 0.6) is 17.4 Å². The first-order valence-corrected chi connectivity index (χ1v) is 9.29. The van der Waals surface area contributed by atoms with Gasteiger partial charge < -0.3 is 24.4 Å². The summed E-state index contributed by atoms with van der Waals surface area (Å²) in [7, 11) is 0. The number of nitrogens with one attached hydrogen (secondary N) is 1. The monoisotopic (exact) mass is 389 g/mol. The normalized spacial score (nSPS) is 16.7. The lowest BCUT2D eigenvalue weighted by atomic mass is 10.1. The summed E-state index contributed by atoms with van der Waals surface area (Å²) < 4.78 is 17.0. The second kappa shape index (κ2) is 7.92. The van der Waals surface area contributed by atoms with Gasteiger partial charge in [0.2, 0.25) is 5.75 Å². The minimum Gasteiger partial charge on any atom is -0.490 e. The fourth-order valence-electron chi connectivity index (χ4n) is 3.13. The van der Waals surface area contributed by atoms with Crippen molar-refractivity contribution < 1.29 is 19.0 Å². The maximum Gasteiger partial charge on any atom is 0.321 e. The molecule has 3 heterocycles. The number of ether oxygens (including phenoxy) is 3. The van der Waals surface area contributed by atoms with E-state index in [0.717, 1.165) is 18.6 Å². The molecule has 1 aromatic heterocycles. The number of halogens is 1. The third kappa shape index (κ3) is 4.19. The molecule has 0 unspecified atom stereocenters. The number of aromatic nitrogens is 1. The number of rotatable bonds is 3. The second-order valence-corrected chi connectivity index (χ2v) is 6.81. The van der Waals surface area contributed by atoms with Crippen LogP contribution in [-0.2, 0) is 0 Å². The predicted octanol–water partition coefficient (Wildman–Crippen LogP) is 3.58. The van der Waals surface area contributed by atoms with E-state index in [0.29, 0.717) is 48.6 Å². The first-order chi connectivity index (χ1) is 13.2. The van der Waals surface area contributed by atoms with Crippen LogP contribution in [0.2, 0.25) is 5.02 Å². The Bertz CT molecular complexity index is 807. The number of pyridine rings is 1. The molecule has 0 radical (unpaired) electrons. The first kappa shape index (κ1) is 17.7. The van der Waals surface area contributed by atoms with Crippen LogP contribution < -0.4 is 19.5 Å². The highest BCUT2D eigenvalue weighted by molar-refractivity contribution is 6.30. The van der Waals surface area contributed by atoms with Gasteiger partial charge in [-0.2, -0.15) is 0 Å². The standard InChI is InChI=1S/C19H20ClN3O4/c20-13-1-3-14(4-2-13)27-15-6-9-23(10-7-15)19(24)22-16-5-8-21-18-17(16)25-11-12-26-18/h1-5,8,15H,6-7,9-12H2,(H,21,22,24). The van der Waals surface area contributed by atoms with Gasteiger partial charge in [0.1, 0.15) is 25.1 Å². The molecule has 2 aromatic rings. The zero-order valence-electron chi connectivity index (χ0n) is 14.7. The number of fused-ring (bicyclic) bond motifs is 1. The maximum absolute atomic E-state index is 12.6. The Morgan fingerprint density at radius 1 is 1.15 bits per heavy atom. The van der Waals surface area contributed by atoms with Crippen molar-refractivity contribution in [1.82, 2.24) is 9.88 Å². The van der Waals surface area contributed by atoms with Crippen molar-refractivity contribution in [2.45, 2.75) is 18.9 Å². The Morgan fingerprint density at radius 3 is 2.67 bits per heavy atom. The number of nitrogens with zero attached hydrogens (tertiary/aromatic N) is 2. The second-order valence-electron chi connectivity index (χ2n) is 6.38. The quantitative estimate of drug-likeness (QED) is 0.868. The van der Waals surface area contributed by atoms with E-state index < -0.39 is 0 Å². The van der Waals surface area contributed by atoms with Crippen LogP contribution in [0.15, 0.2) is 36.5 Å². The minimum atomic E-state index is -0.164. The zero-order valence-corrected chi connectivity index (χ0v) is 15.4. The van der Waals surface area contributed by atoms with Crippen molar-refractivity contribution >= 4 is 23.3 Å². The van der Waals surface area contributed by atoms with Crippen molar-refractivity contribution in [1.29, 1.82) is 0 Å². The lowest BCUT2D eigenvalue weighted by molar-refractivity contribution is 0.115. The van der Waals surface area contributed by atoms with Gasteiger partial charge >= 0.3 is 6.03 Å². The Morgan fingerprint density at radius 2 is 1.89 bits per heavy atom. The lowest BCUT2D eigenvalue weighted by Gasteiger charge is -2.32. The van der Waals surface area contributed by atoms with E-state index in [9.17, 15) is 4.79 Å². The summed E-state index contributed by atoms with van der Waals surface area (Å²) in [5, 5.41) is 3.58. The summed E-state index contributed by atoms with van der Waals surface area (Å²) in [4.78, 5) is 18.5. The third-order valence-electron chi connectivity index (χ3n) is 4.53. The zero-order chi connectivity index (χ0) is 18.6. The van der Waals surface area contributed by atoms with Crippen LogP contribution in [0, 0.1) is 0 Å². The van der Waals surface area contributed by atoms with E-state index in [4.69, 9.17) is 25.8 Å². The topological polar surface area (TPSA) is 72.9 Å². The van der Waals surface area contributed by atoms with Crippen LogP contribution in [0.1, 0.15) is 12.8 Å². The molecule has 1 fully saturated rings. The molecule has 0 atom stereocenters. The molecule has 2 amide bonds. The predicted molar refractivity (Wildman–Crippen MR) is 101 cm³/mol. The van der Waals surface area contributed by atoms with Crippen molar-refractivity contribution in [3.63, 3.8) is 0 Å². The average molecular weight is 390 g/mol. The number of hydrogen-bond acceptors (Lipinski definition) is 5. The van der Waals surface area contributed by atoms with Gasteiger partial charge in [-0.1, -0.05) is 11.6 Å². The van der Waals surface area contributed by atoms with Gasteiger partial charge in [-0.25, -0.2) is 9.78 Å². The third-order valence-corrected chi connectivity index (χ3v) is 4.78. The molecule has 27 heavy (non-hydrogen) atoms. The lowest BCUT2D eigenvalue weighted by Crippen LogP contribution is -2.43. The van der Waals surface area contributed by atoms with Crippen LogP contribution in [0.25, 0.3) is 0 Å². The highest BCUT2D eigenvalue weighted by Gasteiger charge is 2.26. The van der Waals surface area contributed by atoms with E-state index >= 15 is 0 Å². The molecule has 2 aliphatic heterocycles. The fourth-order valence-corrected chi connectivity index (χ4v) is 3.25. The number of benzene rings is 1. The number of carbonyl (C=O) groups excluding carboxylic acids is 1. The average Bonchev–Trinajstić information content (AvgIpc) is 2.70. The highest BCUT2D eigenvalue weighted by atomic mass is 35.5. The van der Waals surface area contributed by atoms with Gasteiger partial charge in [0.25, 0.3) is 5.88 Å². The van der Waals surface area contributed by atoms with Crippen LogP contribution in [-0.4, -0.2) is 48.3 Å². The van der Waals surface area contributed by atoms with Crippen LogP contribution >= 0.6 is 11.6 Å². The smallest absolute Gasteiger partial charge is 0.321 e. The molecule has 7 nitrogen and oxygen atoms in total. The molecule has 0 spiro atoms. The van der Waals surface area contributed by atoms with Crippen molar-refractivity contribution in [3.05, 3.63) is 41.6 Å². The number of piperidine rings is 1. The van der Waals surface area contributed by atoms with Crippen molar-refractivity contribution in [2.75, 3.05) is 31.6 Å². The summed E-state index contributed by atoms with van der Waals surface area (Å²) in [5.41, 5.74) is 0.573. The Balaban J connectivity index is 1.32. The SMILES string of the molecule is O=C(Nc1ccnc2c1OCCO2)N1CCC(Oc2ccc(Cl)cc2)CC1. The van der Waals surface area contributed by atoms with Gasteiger partial charge in [0.15, 0.2) is 0 Å². The summed E-state index contributed by atoms with van der Waals surface area (Å²) in [5.74, 6) is 1.69. The molecule has 1 saturated heterocycles. The van der Waals surface area contributed by atoms with E-state index in [2.05, 4.69) is 10.3 Å². The fraction of sp³-hybridized carbons (Fsp3) is 0.368. The first-order valence-electron chi connectivity index (χ1n) is 8.92. The molecule has 8 heteroatoms. The van der Waals surface area contributed by atoms with E-state index in [1.807, 2.05) is 12.1 Å². The Labute approximate surface area is 162 Å². The molecule has 0 bridgehead atoms. The van der Waals surface area contributed by atoms with Crippen LogP contribution in [0.3, 0.4) is 0 Å². The van der Waals surface area contributed by atoms with Crippen molar-refractivity contribution in [3.8, 4) is 17.4 Å². The molecule has 1 aromatic carbocycles. The van der Waals surface area contributed by atoms with Gasteiger partial charge in [-0.3, -0.25) is 0 Å². The molecule has 2 aliphatic rings. The Kier molecular flexibility index (Phi) is 5.20. The van der Waals surface area contributed by atoms with E-state index in [-0.39, 0.29) is 12.1 Å². The summed E-state index contributed by atoms with van der Waals surface area (Å²) in [6.45, 7) is 2.14. The minimum absolute atomic E-state index is 0.0839. The van der Waals surface area contributed by atoms with Gasteiger partial charge in [-0.15, -0.1) is 0 Å². The summed E-state index contributed by atoms with van der Waals surface area (Å²) in [6.07, 6.45) is 3.21. The molecular weight excluding hydrogens is 370 g/mol. The van der Waals surface area contributed by atoms with Gasteiger partial charge in [0.05, 0.1) is 5.69 Å². The molecular formula is C19H20ClN3O4. The number of urea groups is 1. The highest BCUT2D eigenvalue weighted by Crippen LogP contribution is 2.35. The Hall–Kier alpha value is -2.67. The van der Waals surface area contributed by atoms with Crippen molar-refractivity contribution in [2.24, 2.45) is 0 Å². The number of likely N-dealkylation sites (tertiary alicyclic amines) is 1. The van der Waals surface area contributed by atoms with Gasteiger partial charge in [-0.05, 0) is 30.3 Å². The molecule has 142 valence electrons. The van der Waals surface area contributed by atoms with Gasteiger partial charge in [0, 0.05) is 37.2 Å². The summed E-state index contributed by atoms with van der Waals surface area (Å²) in [6, 6.07) is 8.87. The number of anilines is 1. The molecule has 4 rings (SSSR count). The molecule has 0 saturated carbocycles. The summed E-state index contributed by atoms with van der Waals surface area (Å²) >= 11 is 5.89.